The molecule has 0 fully saturated rings. The van der Waals surface area contributed by atoms with Crippen LogP contribution in [-0.2, 0) is 11.2 Å². The van der Waals surface area contributed by atoms with Crippen molar-refractivity contribution in [2.75, 3.05) is 13.1 Å². The molecule has 0 aromatic heterocycles. The average molecular weight is 407 g/mol. The van der Waals surface area contributed by atoms with Crippen molar-refractivity contribution in [1.29, 1.82) is 0 Å². The number of benzene rings is 3. The molecule has 5 nitrogen and oxygen atoms in total. The van der Waals surface area contributed by atoms with Gasteiger partial charge in [-0.3, -0.25) is 9.59 Å². The number of nitrogens with zero attached hydrogens (tertiary/aromatic N) is 1. The van der Waals surface area contributed by atoms with Gasteiger partial charge in [-0.25, -0.2) is 4.39 Å². The smallest absolute Gasteiger partial charge is 0.323 e. The number of para-hydroxylation sites is 1. The lowest BCUT2D eigenvalue weighted by molar-refractivity contribution is -0.137. The van der Waals surface area contributed by atoms with Crippen LogP contribution in [0.4, 0.5) is 4.39 Å². The lowest BCUT2D eigenvalue weighted by atomic mass is 10.1. The first-order chi connectivity index (χ1) is 14.4. The number of aliphatic carboxylic acids is 1. The van der Waals surface area contributed by atoms with Gasteiger partial charge in [0.15, 0.2) is 0 Å². The summed E-state index contributed by atoms with van der Waals surface area (Å²) >= 11 is 0. The van der Waals surface area contributed by atoms with E-state index in [1.54, 1.807) is 48.5 Å². The van der Waals surface area contributed by atoms with Gasteiger partial charge in [0, 0.05) is 6.54 Å². The number of aryl methyl sites for hydroxylation is 1. The van der Waals surface area contributed by atoms with Gasteiger partial charge in [-0.05, 0) is 55.3 Å². The van der Waals surface area contributed by atoms with Crippen LogP contribution in [0.25, 0.3) is 0 Å². The molecule has 0 aliphatic heterocycles. The molecule has 0 unspecified atom stereocenters. The molecule has 1 amide bonds. The van der Waals surface area contributed by atoms with Gasteiger partial charge < -0.3 is 14.7 Å². The Bertz CT molecular complexity index is 1030. The Morgan fingerprint density at radius 1 is 1.00 bits per heavy atom. The van der Waals surface area contributed by atoms with Crippen LogP contribution in [0.15, 0.2) is 72.8 Å². The van der Waals surface area contributed by atoms with Gasteiger partial charge in [-0.15, -0.1) is 0 Å². The zero-order valence-electron chi connectivity index (χ0n) is 16.5. The molecular formula is C24H22FNO4. The molecule has 6 heteroatoms. The van der Waals surface area contributed by atoms with Crippen LogP contribution < -0.4 is 4.74 Å². The summed E-state index contributed by atoms with van der Waals surface area (Å²) < 4.78 is 19.3. The first-order valence-corrected chi connectivity index (χ1v) is 9.51. The molecule has 0 bridgehead atoms. The highest BCUT2D eigenvalue weighted by Gasteiger charge is 2.22. The van der Waals surface area contributed by atoms with Gasteiger partial charge in [0.1, 0.15) is 23.9 Å². The number of hydrogen-bond acceptors (Lipinski definition) is 3. The van der Waals surface area contributed by atoms with E-state index in [1.807, 2.05) is 19.1 Å². The SMILES string of the molecule is Cc1ccc(Oc2ccccc2C(=O)N(CCc2cccc(F)c2)CC(=O)O)cc1. The summed E-state index contributed by atoms with van der Waals surface area (Å²) in [6, 6.07) is 20.1. The number of carboxylic acids is 1. The Hall–Kier alpha value is -3.67. The first-order valence-electron chi connectivity index (χ1n) is 9.51. The van der Waals surface area contributed by atoms with Gasteiger partial charge in [0.2, 0.25) is 0 Å². The van der Waals surface area contributed by atoms with E-state index in [-0.39, 0.29) is 17.9 Å². The van der Waals surface area contributed by atoms with E-state index in [2.05, 4.69) is 0 Å². The summed E-state index contributed by atoms with van der Waals surface area (Å²) in [5.41, 5.74) is 2.03. The number of carbonyl (C=O) groups is 2. The van der Waals surface area contributed by atoms with Crippen molar-refractivity contribution in [2.45, 2.75) is 13.3 Å². The number of carboxylic acid groups (broad SMARTS) is 1. The van der Waals surface area contributed by atoms with E-state index in [0.717, 1.165) is 5.56 Å². The van der Waals surface area contributed by atoms with Crippen LogP contribution in [0.2, 0.25) is 0 Å². The number of halogens is 1. The normalized spacial score (nSPS) is 10.5. The molecule has 154 valence electrons. The van der Waals surface area contributed by atoms with Crippen molar-refractivity contribution in [2.24, 2.45) is 0 Å². The topological polar surface area (TPSA) is 66.8 Å². The minimum Gasteiger partial charge on any atom is -0.480 e. The standard InChI is InChI=1S/C24H22FNO4/c1-17-9-11-20(12-10-17)30-22-8-3-2-7-21(22)24(29)26(16-23(27)28)14-13-18-5-4-6-19(25)15-18/h2-12,15H,13-14,16H2,1H3,(H,27,28). The summed E-state index contributed by atoms with van der Waals surface area (Å²) in [5, 5.41) is 9.27. The van der Waals surface area contributed by atoms with Crippen molar-refractivity contribution in [3.8, 4) is 11.5 Å². The third-order valence-electron chi connectivity index (χ3n) is 4.54. The van der Waals surface area contributed by atoms with Crippen LogP contribution >= 0.6 is 0 Å². The maximum atomic E-state index is 13.4. The predicted octanol–water partition coefficient (Wildman–Crippen LogP) is 4.70. The number of amides is 1. The number of rotatable bonds is 8. The molecule has 0 atom stereocenters. The Morgan fingerprint density at radius 2 is 1.73 bits per heavy atom. The van der Waals surface area contributed by atoms with E-state index < -0.39 is 18.4 Å². The fourth-order valence-electron chi connectivity index (χ4n) is 3.01. The third-order valence-corrected chi connectivity index (χ3v) is 4.54. The minimum atomic E-state index is -1.13. The molecule has 0 aliphatic rings. The van der Waals surface area contributed by atoms with E-state index in [0.29, 0.717) is 23.5 Å². The van der Waals surface area contributed by atoms with E-state index in [4.69, 9.17) is 4.74 Å². The summed E-state index contributed by atoms with van der Waals surface area (Å²) in [6.07, 6.45) is 0.331. The molecule has 0 saturated heterocycles. The maximum Gasteiger partial charge on any atom is 0.323 e. The number of ether oxygens (including phenoxy) is 1. The zero-order valence-corrected chi connectivity index (χ0v) is 16.5. The van der Waals surface area contributed by atoms with Gasteiger partial charge in [-0.2, -0.15) is 0 Å². The second-order valence-electron chi connectivity index (χ2n) is 6.91. The van der Waals surface area contributed by atoms with Gasteiger partial charge >= 0.3 is 5.97 Å². The summed E-state index contributed by atoms with van der Waals surface area (Å²) in [7, 11) is 0. The summed E-state index contributed by atoms with van der Waals surface area (Å²) in [6.45, 7) is 1.63. The molecule has 3 aromatic rings. The first kappa shape index (κ1) is 21.0. The second-order valence-corrected chi connectivity index (χ2v) is 6.91. The van der Waals surface area contributed by atoms with Gasteiger partial charge in [-0.1, -0.05) is 42.0 Å². The predicted molar refractivity (Wildman–Crippen MR) is 111 cm³/mol. The lowest BCUT2D eigenvalue weighted by Crippen LogP contribution is -2.37. The highest BCUT2D eigenvalue weighted by molar-refractivity contribution is 5.98. The molecule has 0 radical (unpaired) electrons. The molecular weight excluding hydrogens is 385 g/mol. The van der Waals surface area contributed by atoms with Crippen molar-refractivity contribution >= 4 is 11.9 Å². The summed E-state index contributed by atoms with van der Waals surface area (Å²) in [5.74, 6) is -1.05. The monoisotopic (exact) mass is 407 g/mol. The largest absolute Gasteiger partial charge is 0.480 e. The van der Waals surface area contributed by atoms with Crippen LogP contribution in [0.1, 0.15) is 21.5 Å². The highest BCUT2D eigenvalue weighted by atomic mass is 19.1. The Morgan fingerprint density at radius 3 is 2.43 bits per heavy atom. The maximum absolute atomic E-state index is 13.4. The van der Waals surface area contributed by atoms with E-state index in [1.165, 1.54) is 17.0 Å². The summed E-state index contributed by atoms with van der Waals surface area (Å²) in [4.78, 5) is 25.7. The van der Waals surface area contributed by atoms with E-state index in [9.17, 15) is 19.1 Å². The van der Waals surface area contributed by atoms with Crippen molar-refractivity contribution < 1.29 is 23.8 Å². The van der Waals surface area contributed by atoms with Crippen LogP contribution in [0, 0.1) is 12.7 Å². The van der Waals surface area contributed by atoms with E-state index >= 15 is 0 Å². The van der Waals surface area contributed by atoms with Crippen molar-refractivity contribution in [1.82, 2.24) is 4.90 Å². The average Bonchev–Trinajstić information content (AvgIpc) is 2.72. The molecule has 0 spiro atoms. The minimum absolute atomic E-state index is 0.132. The quantitative estimate of drug-likeness (QED) is 0.588. The molecule has 30 heavy (non-hydrogen) atoms. The van der Waals surface area contributed by atoms with Crippen molar-refractivity contribution in [3.63, 3.8) is 0 Å². The fraction of sp³-hybridized carbons (Fsp3) is 0.167. The van der Waals surface area contributed by atoms with Crippen LogP contribution in [-0.4, -0.2) is 35.0 Å². The lowest BCUT2D eigenvalue weighted by Gasteiger charge is -2.22. The Labute approximate surface area is 174 Å². The second kappa shape index (κ2) is 9.69. The van der Waals surface area contributed by atoms with Gasteiger partial charge in [0.25, 0.3) is 5.91 Å². The fourth-order valence-corrected chi connectivity index (χ4v) is 3.01. The Balaban J connectivity index is 1.81. The van der Waals surface area contributed by atoms with Crippen LogP contribution in [0.5, 0.6) is 11.5 Å². The third kappa shape index (κ3) is 5.67. The zero-order chi connectivity index (χ0) is 21.5. The molecule has 3 rings (SSSR count). The molecule has 0 aliphatic carbocycles. The molecule has 0 heterocycles. The number of carbonyl (C=O) groups excluding carboxylic acids is 1. The Kier molecular flexibility index (Phi) is 6.80. The van der Waals surface area contributed by atoms with Gasteiger partial charge in [0.05, 0.1) is 5.56 Å². The highest BCUT2D eigenvalue weighted by Crippen LogP contribution is 2.26. The molecule has 0 saturated carbocycles. The molecule has 1 N–H and O–H groups in total. The van der Waals surface area contributed by atoms with Crippen LogP contribution in [0.3, 0.4) is 0 Å². The van der Waals surface area contributed by atoms with Crippen molar-refractivity contribution in [3.05, 3.63) is 95.3 Å². The number of hydrogen-bond donors (Lipinski definition) is 1. The molecule has 3 aromatic carbocycles.